The summed E-state index contributed by atoms with van der Waals surface area (Å²) >= 11 is 0. The van der Waals surface area contributed by atoms with E-state index in [1.54, 1.807) is 35.2 Å². The summed E-state index contributed by atoms with van der Waals surface area (Å²) in [6, 6.07) is 16.3. The van der Waals surface area contributed by atoms with Crippen LogP contribution in [0, 0.1) is 6.92 Å². The first-order valence-electron chi connectivity index (χ1n) is 8.86. The van der Waals surface area contributed by atoms with Crippen LogP contribution in [0.5, 0.6) is 0 Å². The predicted molar refractivity (Wildman–Crippen MR) is 101 cm³/mol. The lowest BCUT2D eigenvalue weighted by molar-refractivity contribution is -0.130. The van der Waals surface area contributed by atoms with Gasteiger partial charge in [0.05, 0.1) is 11.3 Å². The van der Waals surface area contributed by atoms with Crippen molar-refractivity contribution in [1.29, 1.82) is 0 Å². The number of aryl methyl sites for hydroxylation is 1. The average molecular weight is 372 g/mol. The molecule has 0 bridgehead atoms. The molecule has 2 aromatic rings. The van der Waals surface area contributed by atoms with Gasteiger partial charge in [0.15, 0.2) is 0 Å². The van der Waals surface area contributed by atoms with Crippen molar-refractivity contribution in [2.45, 2.75) is 24.7 Å². The molecule has 1 heterocycles. The summed E-state index contributed by atoms with van der Waals surface area (Å²) in [4.78, 5) is 14.7. The van der Waals surface area contributed by atoms with E-state index >= 15 is 0 Å². The van der Waals surface area contributed by atoms with E-state index in [0.717, 1.165) is 11.1 Å². The number of rotatable bonds is 4. The lowest BCUT2D eigenvalue weighted by atomic mass is 10.1. The predicted octanol–water partition coefficient (Wildman–Crippen LogP) is 2.46. The maximum absolute atomic E-state index is 12.8. The summed E-state index contributed by atoms with van der Waals surface area (Å²) in [6.07, 6.45) is 1.00. The molecule has 0 unspecified atom stereocenters. The van der Waals surface area contributed by atoms with Crippen LogP contribution in [0.3, 0.4) is 0 Å². The summed E-state index contributed by atoms with van der Waals surface area (Å²) in [7, 11) is -3.50. The zero-order valence-electron chi connectivity index (χ0n) is 15.0. The number of carbonyl (C=O) groups is 1. The van der Waals surface area contributed by atoms with Gasteiger partial charge in [-0.15, -0.1) is 0 Å². The highest BCUT2D eigenvalue weighted by Gasteiger charge is 2.28. The highest BCUT2D eigenvalue weighted by molar-refractivity contribution is 7.89. The largest absolute Gasteiger partial charge is 0.341 e. The fourth-order valence-corrected chi connectivity index (χ4v) is 4.70. The number of amides is 1. The van der Waals surface area contributed by atoms with Crippen LogP contribution >= 0.6 is 0 Å². The second-order valence-electron chi connectivity index (χ2n) is 6.55. The Bertz CT molecular complexity index is 866. The SMILES string of the molecule is Cc1ccccc1CC(=O)N1CCCN(S(=O)(=O)c2ccccc2)CC1. The summed E-state index contributed by atoms with van der Waals surface area (Å²) in [5, 5.41) is 0. The fraction of sp³-hybridized carbons (Fsp3) is 0.350. The van der Waals surface area contributed by atoms with Crippen molar-refractivity contribution in [1.82, 2.24) is 9.21 Å². The van der Waals surface area contributed by atoms with Gasteiger partial charge in [-0.1, -0.05) is 42.5 Å². The number of nitrogens with zero attached hydrogens (tertiary/aromatic N) is 2. The molecule has 0 saturated carbocycles. The number of hydrogen-bond acceptors (Lipinski definition) is 3. The Kier molecular flexibility index (Phi) is 5.74. The second-order valence-corrected chi connectivity index (χ2v) is 8.49. The van der Waals surface area contributed by atoms with E-state index in [-0.39, 0.29) is 5.91 Å². The quantitative estimate of drug-likeness (QED) is 0.828. The van der Waals surface area contributed by atoms with Crippen LogP contribution in [0.4, 0.5) is 0 Å². The van der Waals surface area contributed by atoms with Gasteiger partial charge in [0.1, 0.15) is 0 Å². The number of sulfonamides is 1. The Labute approximate surface area is 155 Å². The van der Waals surface area contributed by atoms with Crippen molar-refractivity contribution < 1.29 is 13.2 Å². The molecule has 0 atom stereocenters. The standard InChI is InChI=1S/C20H24N2O3S/c1-17-8-5-6-9-18(17)16-20(23)21-12-7-13-22(15-14-21)26(24,25)19-10-3-2-4-11-19/h2-6,8-11H,7,12-16H2,1H3. The lowest BCUT2D eigenvalue weighted by Gasteiger charge is -2.22. The molecule has 1 aliphatic rings. The molecule has 0 aromatic heterocycles. The minimum absolute atomic E-state index is 0.0539. The van der Waals surface area contributed by atoms with Crippen LogP contribution in [0.25, 0.3) is 0 Å². The zero-order chi connectivity index (χ0) is 18.6. The Morgan fingerprint density at radius 2 is 1.62 bits per heavy atom. The van der Waals surface area contributed by atoms with Gasteiger partial charge in [0.25, 0.3) is 0 Å². The Morgan fingerprint density at radius 1 is 0.923 bits per heavy atom. The van der Waals surface area contributed by atoms with Crippen molar-refractivity contribution in [3.05, 3.63) is 65.7 Å². The van der Waals surface area contributed by atoms with E-state index in [1.165, 1.54) is 4.31 Å². The third kappa shape index (κ3) is 4.14. The Hall–Kier alpha value is -2.18. The van der Waals surface area contributed by atoms with Gasteiger partial charge in [-0.25, -0.2) is 8.42 Å². The summed E-state index contributed by atoms with van der Waals surface area (Å²) in [5.41, 5.74) is 2.12. The normalized spacial score (nSPS) is 16.3. The molecule has 6 heteroatoms. The van der Waals surface area contributed by atoms with Crippen LogP contribution in [-0.2, 0) is 21.2 Å². The molecule has 5 nitrogen and oxygen atoms in total. The minimum Gasteiger partial charge on any atom is -0.341 e. The van der Waals surface area contributed by atoms with Crippen LogP contribution in [-0.4, -0.2) is 49.7 Å². The van der Waals surface area contributed by atoms with E-state index in [2.05, 4.69) is 0 Å². The molecule has 1 saturated heterocycles. The first-order chi connectivity index (χ1) is 12.5. The molecule has 2 aromatic carbocycles. The summed E-state index contributed by atoms with van der Waals surface area (Å²) in [5.74, 6) is 0.0539. The van der Waals surface area contributed by atoms with E-state index in [0.29, 0.717) is 43.9 Å². The number of carbonyl (C=O) groups excluding carboxylic acids is 1. The Morgan fingerprint density at radius 3 is 2.35 bits per heavy atom. The van der Waals surface area contributed by atoms with E-state index < -0.39 is 10.0 Å². The minimum atomic E-state index is -3.50. The van der Waals surface area contributed by atoms with Gasteiger partial charge in [-0.3, -0.25) is 4.79 Å². The van der Waals surface area contributed by atoms with Gasteiger partial charge >= 0.3 is 0 Å². The first-order valence-corrected chi connectivity index (χ1v) is 10.3. The third-order valence-electron chi connectivity index (χ3n) is 4.79. The number of hydrogen-bond donors (Lipinski definition) is 0. The summed E-state index contributed by atoms with van der Waals surface area (Å²) in [6.45, 7) is 3.78. The molecule has 0 spiro atoms. The Balaban J connectivity index is 1.67. The van der Waals surface area contributed by atoms with Gasteiger partial charge in [0.2, 0.25) is 15.9 Å². The van der Waals surface area contributed by atoms with Crippen molar-refractivity contribution in [3.63, 3.8) is 0 Å². The van der Waals surface area contributed by atoms with Gasteiger partial charge < -0.3 is 4.90 Å². The van der Waals surface area contributed by atoms with E-state index in [9.17, 15) is 13.2 Å². The molecule has 1 amide bonds. The molecule has 1 aliphatic heterocycles. The molecule has 3 rings (SSSR count). The zero-order valence-corrected chi connectivity index (χ0v) is 15.8. The topological polar surface area (TPSA) is 57.7 Å². The van der Waals surface area contributed by atoms with Crippen molar-refractivity contribution in [2.24, 2.45) is 0 Å². The first kappa shape index (κ1) is 18.6. The van der Waals surface area contributed by atoms with Gasteiger partial charge in [0, 0.05) is 26.2 Å². The van der Waals surface area contributed by atoms with Gasteiger partial charge in [-0.05, 0) is 36.6 Å². The molecule has 0 N–H and O–H groups in total. The molecule has 26 heavy (non-hydrogen) atoms. The van der Waals surface area contributed by atoms with Crippen molar-refractivity contribution >= 4 is 15.9 Å². The highest BCUT2D eigenvalue weighted by atomic mass is 32.2. The van der Waals surface area contributed by atoms with Crippen LogP contribution in [0.1, 0.15) is 17.5 Å². The number of benzene rings is 2. The molecule has 0 aliphatic carbocycles. The smallest absolute Gasteiger partial charge is 0.243 e. The second kappa shape index (κ2) is 8.01. The van der Waals surface area contributed by atoms with Crippen molar-refractivity contribution in [3.8, 4) is 0 Å². The lowest BCUT2D eigenvalue weighted by Crippen LogP contribution is -2.38. The van der Waals surface area contributed by atoms with Crippen LogP contribution in [0.2, 0.25) is 0 Å². The molecule has 138 valence electrons. The fourth-order valence-electron chi connectivity index (χ4n) is 3.21. The van der Waals surface area contributed by atoms with Crippen molar-refractivity contribution in [2.75, 3.05) is 26.2 Å². The molecule has 0 radical (unpaired) electrons. The van der Waals surface area contributed by atoms with Crippen LogP contribution in [0.15, 0.2) is 59.5 Å². The van der Waals surface area contributed by atoms with Gasteiger partial charge in [-0.2, -0.15) is 4.31 Å². The maximum Gasteiger partial charge on any atom is 0.243 e. The molecular weight excluding hydrogens is 348 g/mol. The third-order valence-corrected chi connectivity index (χ3v) is 6.70. The highest BCUT2D eigenvalue weighted by Crippen LogP contribution is 2.18. The van der Waals surface area contributed by atoms with E-state index in [1.807, 2.05) is 31.2 Å². The van der Waals surface area contributed by atoms with E-state index in [4.69, 9.17) is 0 Å². The van der Waals surface area contributed by atoms with Crippen LogP contribution < -0.4 is 0 Å². The molecule has 1 fully saturated rings. The molecular formula is C20H24N2O3S. The average Bonchev–Trinajstić information content (AvgIpc) is 2.91. The maximum atomic E-state index is 12.8. The monoisotopic (exact) mass is 372 g/mol. The summed E-state index contributed by atoms with van der Waals surface area (Å²) < 4.78 is 27.0.